The fraction of sp³-hybridized carbons (Fsp3) is 0.857. The van der Waals surface area contributed by atoms with Crippen LogP contribution < -0.4 is 10.6 Å². The van der Waals surface area contributed by atoms with Crippen molar-refractivity contribution in [1.29, 1.82) is 0 Å². The number of carbonyl (C=O) groups excluding carboxylic acids is 2. The number of rotatable bonds is 7. The quantitative estimate of drug-likeness (QED) is 0.538. The number of ether oxygens (including phenoxy) is 1. The van der Waals surface area contributed by atoms with Crippen LogP contribution >= 0.6 is 0 Å². The van der Waals surface area contributed by atoms with E-state index in [1.165, 1.54) is 0 Å². The summed E-state index contributed by atoms with van der Waals surface area (Å²) in [7, 11) is 4.06. The highest BCUT2D eigenvalue weighted by atomic mass is 16.5. The van der Waals surface area contributed by atoms with Gasteiger partial charge in [-0.1, -0.05) is 32.6 Å². The largest absolute Gasteiger partial charge is 0.381 e. The van der Waals surface area contributed by atoms with E-state index in [9.17, 15) is 9.59 Å². The van der Waals surface area contributed by atoms with Crippen LogP contribution in [0.3, 0.4) is 0 Å². The van der Waals surface area contributed by atoms with Gasteiger partial charge in [0.1, 0.15) is 0 Å². The molecule has 7 unspecified atom stereocenters. The summed E-state index contributed by atoms with van der Waals surface area (Å²) in [5.74, 6) is 7.46. The molecular weight excluding hydrogens is 440 g/mol. The molecule has 2 amide bonds. The minimum atomic E-state index is -0.157. The van der Waals surface area contributed by atoms with E-state index in [1.807, 2.05) is 21.0 Å². The summed E-state index contributed by atoms with van der Waals surface area (Å²) in [6, 6.07) is 1.03. The van der Waals surface area contributed by atoms with Crippen LogP contribution in [0, 0.1) is 41.4 Å². The topological polar surface area (TPSA) is 73.9 Å². The molecule has 0 radical (unpaired) electrons. The molecule has 1 saturated carbocycles. The number of piperidine rings is 1. The molecule has 7 atom stereocenters. The molecule has 35 heavy (non-hydrogen) atoms. The lowest BCUT2D eigenvalue weighted by Crippen LogP contribution is -2.55. The van der Waals surface area contributed by atoms with E-state index in [4.69, 9.17) is 4.74 Å². The Kier molecular flexibility index (Phi) is 10.4. The Hall–Kier alpha value is -1.62. The van der Waals surface area contributed by atoms with Gasteiger partial charge in [0, 0.05) is 49.7 Å². The second-order valence-electron chi connectivity index (χ2n) is 11.4. The molecule has 7 nitrogen and oxygen atoms in total. The van der Waals surface area contributed by atoms with Crippen LogP contribution in [0.15, 0.2) is 0 Å². The lowest BCUT2D eigenvalue weighted by Gasteiger charge is -2.47. The molecule has 0 aromatic carbocycles. The van der Waals surface area contributed by atoms with Gasteiger partial charge >= 0.3 is 0 Å². The first-order valence-corrected chi connectivity index (χ1v) is 13.8. The third-order valence-corrected chi connectivity index (χ3v) is 8.43. The molecule has 198 valence electrons. The summed E-state index contributed by atoms with van der Waals surface area (Å²) in [5, 5.41) is 6.23. The highest BCUT2D eigenvalue weighted by Crippen LogP contribution is 2.38. The average molecular weight is 489 g/mol. The Labute approximate surface area is 213 Å². The van der Waals surface area contributed by atoms with Gasteiger partial charge in [0.15, 0.2) is 0 Å². The number of nitrogens with one attached hydrogen (secondary N) is 2. The molecule has 0 aromatic heterocycles. The van der Waals surface area contributed by atoms with Crippen LogP contribution in [0.1, 0.15) is 59.8 Å². The zero-order valence-corrected chi connectivity index (χ0v) is 22.8. The Morgan fingerprint density at radius 2 is 1.86 bits per heavy atom. The molecule has 2 N–H and O–H groups in total. The predicted octanol–water partition coefficient (Wildman–Crippen LogP) is 2.36. The molecule has 7 heteroatoms. The molecule has 0 bridgehead atoms. The van der Waals surface area contributed by atoms with Crippen molar-refractivity contribution >= 4 is 11.8 Å². The fourth-order valence-electron chi connectivity index (χ4n) is 6.45. The third-order valence-electron chi connectivity index (χ3n) is 8.43. The van der Waals surface area contributed by atoms with Crippen molar-refractivity contribution in [1.82, 2.24) is 20.4 Å². The van der Waals surface area contributed by atoms with E-state index in [-0.39, 0.29) is 47.4 Å². The molecule has 3 fully saturated rings. The summed E-state index contributed by atoms with van der Waals surface area (Å²) >= 11 is 0. The van der Waals surface area contributed by atoms with E-state index in [2.05, 4.69) is 53.0 Å². The Morgan fingerprint density at radius 3 is 2.49 bits per heavy atom. The second-order valence-corrected chi connectivity index (χ2v) is 11.4. The number of amides is 2. The molecule has 0 spiro atoms. The zero-order chi connectivity index (χ0) is 25.5. The van der Waals surface area contributed by atoms with Crippen molar-refractivity contribution < 1.29 is 14.3 Å². The van der Waals surface area contributed by atoms with E-state index in [0.29, 0.717) is 18.6 Å². The van der Waals surface area contributed by atoms with Crippen molar-refractivity contribution in [3.8, 4) is 11.8 Å². The predicted molar refractivity (Wildman–Crippen MR) is 140 cm³/mol. The second kappa shape index (κ2) is 13.1. The number of hydrogen-bond donors (Lipinski definition) is 2. The van der Waals surface area contributed by atoms with E-state index in [0.717, 1.165) is 58.4 Å². The highest BCUT2D eigenvalue weighted by Gasteiger charge is 2.43. The van der Waals surface area contributed by atoms with Gasteiger partial charge in [-0.2, -0.15) is 0 Å². The maximum absolute atomic E-state index is 13.6. The Morgan fingerprint density at radius 1 is 1.14 bits per heavy atom. The van der Waals surface area contributed by atoms with E-state index in [1.54, 1.807) is 0 Å². The van der Waals surface area contributed by atoms with E-state index < -0.39 is 0 Å². The molecule has 3 aliphatic rings. The van der Waals surface area contributed by atoms with Crippen LogP contribution in [-0.4, -0.2) is 86.7 Å². The monoisotopic (exact) mass is 488 g/mol. The molecule has 2 heterocycles. The summed E-state index contributed by atoms with van der Waals surface area (Å²) in [6.07, 6.45) is 4.86. The summed E-state index contributed by atoms with van der Waals surface area (Å²) in [5.41, 5.74) is 0. The van der Waals surface area contributed by atoms with Crippen LogP contribution in [0.5, 0.6) is 0 Å². The van der Waals surface area contributed by atoms with Gasteiger partial charge in [-0.05, 0) is 71.5 Å². The Balaban J connectivity index is 1.73. The summed E-state index contributed by atoms with van der Waals surface area (Å²) in [4.78, 5) is 30.8. The van der Waals surface area contributed by atoms with Crippen molar-refractivity contribution in [3.05, 3.63) is 0 Å². The van der Waals surface area contributed by atoms with Crippen LogP contribution in [-0.2, 0) is 14.3 Å². The van der Waals surface area contributed by atoms with Gasteiger partial charge in [0.25, 0.3) is 0 Å². The molecule has 2 saturated heterocycles. The van der Waals surface area contributed by atoms with Gasteiger partial charge in [-0.3, -0.25) is 19.4 Å². The van der Waals surface area contributed by atoms with Crippen molar-refractivity contribution in [2.24, 2.45) is 29.6 Å². The Bertz CT molecular complexity index is 770. The normalized spacial score (nSPS) is 34.3. The van der Waals surface area contributed by atoms with Gasteiger partial charge in [0.2, 0.25) is 11.8 Å². The minimum absolute atomic E-state index is 0.0650. The first-order valence-electron chi connectivity index (χ1n) is 13.8. The van der Waals surface area contributed by atoms with Gasteiger partial charge in [-0.25, -0.2) is 0 Å². The van der Waals surface area contributed by atoms with Gasteiger partial charge < -0.3 is 15.4 Å². The summed E-state index contributed by atoms with van der Waals surface area (Å²) in [6.45, 7) is 12.4. The maximum atomic E-state index is 13.6. The average Bonchev–Trinajstić information content (AvgIpc) is 2.80. The van der Waals surface area contributed by atoms with Crippen molar-refractivity contribution in [2.75, 3.05) is 46.9 Å². The number of hydrogen-bond acceptors (Lipinski definition) is 5. The van der Waals surface area contributed by atoms with Gasteiger partial charge in [0.05, 0.1) is 12.5 Å². The zero-order valence-electron chi connectivity index (χ0n) is 22.8. The smallest absolute Gasteiger partial charge is 0.225 e. The lowest BCUT2D eigenvalue weighted by atomic mass is 9.70. The first-order chi connectivity index (χ1) is 16.7. The van der Waals surface area contributed by atoms with Crippen LogP contribution in [0.2, 0.25) is 0 Å². The van der Waals surface area contributed by atoms with Crippen LogP contribution in [0.4, 0.5) is 0 Å². The highest BCUT2D eigenvalue weighted by molar-refractivity contribution is 5.83. The van der Waals surface area contributed by atoms with Gasteiger partial charge in [-0.15, -0.1) is 0 Å². The SMILES string of the molecule is CCN(C1CCOCC1)C1CC(C#CCN(C)C)CC(C(=O)NCC2C(=O)NC(C)CC2C)C1C. The minimum Gasteiger partial charge on any atom is -0.381 e. The van der Waals surface area contributed by atoms with Crippen molar-refractivity contribution in [2.45, 2.75) is 77.9 Å². The molecule has 3 rings (SSSR count). The molecule has 1 aliphatic carbocycles. The molecular formula is C28H48N4O3. The van der Waals surface area contributed by atoms with Crippen LogP contribution in [0.25, 0.3) is 0 Å². The lowest BCUT2D eigenvalue weighted by molar-refractivity contribution is -0.132. The first kappa shape index (κ1) is 28.0. The molecule has 2 aliphatic heterocycles. The number of nitrogens with zero attached hydrogens (tertiary/aromatic N) is 2. The number of carbonyl (C=O) groups is 2. The fourth-order valence-corrected chi connectivity index (χ4v) is 6.45. The molecule has 0 aromatic rings. The van der Waals surface area contributed by atoms with Crippen molar-refractivity contribution in [3.63, 3.8) is 0 Å². The van der Waals surface area contributed by atoms with E-state index >= 15 is 0 Å². The standard InChI is InChI=1S/C28H48N4O3/c1-7-32(23-10-13-35-14-11-23)26-17-22(9-8-12-31(5)6)16-24(21(26)4)27(33)29-18-25-19(2)15-20(3)30-28(25)34/h19-26H,7,10-18H2,1-6H3,(H,29,33)(H,30,34). The maximum Gasteiger partial charge on any atom is 0.225 e. The third kappa shape index (κ3) is 7.44. The summed E-state index contributed by atoms with van der Waals surface area (Å²) < 4.78 is 5.63.